The fourth-order valence-electron chi connectivity index (χ4n) is 6.63. The number of benzene rings is 4. The van der Waals surface area contributed by atoms with Crippen LogP contribution in [0.25, 0.3) is 11.1 Å². The van der Waals surface area contributed by atoms with Crippen LogP contribution in [0.2, 0.25) is 0 Å². The van der Waals surface area contributed by atoms with Crippen molar-refractivity contribution in [2.45, 2.75) is 50.6 Å². The molecule has 1 aromatic heterocycles. The van der Waals surface area contributed by atoms with Crippen molar-refractivity contribution < 1.29 is 33.8 Å². The number of amides is 2. The maximum absolute atomic E-state index is 14.3. The molecular weight excluding hydrogens is 701 g/mol. The van der Waals surface area contributed by atoms with Crippen LogP contribution < -0.4 is 15.4 Å². The second-order valence-corrected chi connectivity index (χ2v) is 14.7. The number of hydrogen-bond acceptors (Lipinski definition) is 7. The molecule has 0 radical (unpaired) electrons. The standard InChI is InChI=1S/C44H42N2O7S/c47-36-25-34(26-38-12-7-21-54-38)42(49)46-40(24-31-13-17-33(18-14-31)32-10-5-2-6-11-32)43(50)45-39(23-29-8-3-1-4-9-29)41(48)27-35(44(51)52)22-30-15-19-37(20-16-30)53-28-36/h1-21,34-35,39-40H,22-28H2,(H,45,50)(H,46,49)(H,51,52)/t34-,35+,39-,40+/m1/s1. The summed E-state index contributed by atoms with van der Waals surface area (Å²) < 4.78 is 5.76. The molecule has 2 aliphatic rings. The zero-order valence-corrected chi connectivity index (χ0v) is 30.5. The smallest absolute Gasteiger partial charge is 0.307 e. The minimum atomic E-state index is -1.13. The van der Waals surface area contributed by atoms with Gasteiger partial charge in [-0.25, -0.2) is 0 Å². The highest BCUT2D eigenvalue weighted by atomic mass is 32.1. The molecule has 3 N–H and O–H groups in total. The SMILES string of the molecule is O=C1COc2ccc(cc2)C[C@H](C(=O)O)CC(=O)[C@@H](Cc2ccccc2)NC(=O)[C@H](Cc2ccc(-c3ccccc3)cc2)NC(=O)[C@@H](Cc2cccs2)C1. The Bertz CT molecular complexity index is 2030. The first kappa shape index (κ1) is 37.9. The van der Waals surface area contributed by atoms with Crippen molar-refractivity contribution in [1.82, 2.24) is 10.6 Å². The molecule has 4 aromatic carbocycles. The summed E-state index contributed by atoms with van der Waals surface area (Å²) in [6.07, 6.45) is 0.168. The van der Waals surface area contributed by atoms with Crippen molar-refractivity contribution in [3.05, 3.63) is 148 Å². The predicted molar refractivity (Wildman–Crippen MR) is 207 cm³/mol. The molecule has 2 bridgehead atoms. The van der Waals surface area contributed by atoms with Crippen molar-refractivity contribution in [1.29, 1.82) is 0 Å². The van der Waals surface area contributed by atoms with E-state index < -0.39 is 47.5 Å². The van der Waals surface area contributed by atoms with E-state index in [1.165, 1.54) is 11.3 Å². The Balaban J connectivity index is 1.34. The first-order valence-electron chi connectivity index (χ1n) is 18.0. The zero-order valence-electron chi connectivity index (χ0n) is 29.7. The van der Waals surface area contributed by atoms with Gasteiger partial charge in [0, 0.05) is 30.1 Å². The van der Waals surface area contributed by atoms with Crippen molar-refractivity contribution in [3.8, 4) is 16.9 Å². The third kappa shape index (κ3) is 10.6. The topological polar surface area (TPSA) is 139 Å². The monoisotopic (exact) mass is 742 g/mol. The van der Waals surface area contributed by atoms with Crippen LogP contribution in [0.15, 0.2) is 127 Å². The molecule has 54 heavy (non-hydrogen) atoms. The number of Topliss-reactive ketones (excluding diaryl/α,β-unsaturated/α-hetero) is 2. The molecule has 10 heteroatoms. The van der Waals surface area contributed by atoms with E-state index in [1.807, 2.05) is 102 Å². The number of ketones is 2. The number of aliphatic carboxylic acids is 1. The molecule has 0 aliphatic carbocycles. The molecular formula is C44H42N2O7S. The van der Waals surface area contributed by atoms with E-state index in [1.54, 1.807) is 24.3 Å². The molecule has 0 spiro atoms. The lowest BCUT2D eigenvalue weighted by Gasteiger charge is -2.26. The number of carbonyl (C=O) groups excluding carboxylic acids is 4. The summed E-state index contributed by atoms with van der Waals surface area (Å²) in [5.41, 5.74) is 4.25. The molecule has 0 saturated heterocycles. The summed E-state index contributed by atoms with van der Waals surface area (Å²) in [6, 6.07) is 35.1. The number of nitrogens with one attached hydrogen (secondary N) is 2. The molecule has 0 fully saturated rings. The lowest BCUT2D eigenvalue weighted by Crippen LogP contribution is -2.54. The summed E-state index contributed by atoms with van der Waals surface area (Å²) in [7, 11) is 0. The Kier molecular flexibility index (Phi) is 12.8. The van der Waals surface area contributed by atoms with Crippen molar-refractivity contribution in [2.24, 2.45) is 11.8 Å². The second-order valence-electron chi connectivity index (χ2n) is 13.6. The Morgan fingerprint density at radius 1 is 0.648 bits per heavy atom. The molecule has 0 saturated carbocycles. The van der Waals surface area contributed by atoms with E-state index in [0.29, 0.717) is 11.3 Å². The summed E-state index contributed by atoms with van der Waals surface area (Å²) in [4.78, 5) is 69.1. The first-order chi connectivity index (χ1) is 26.2. The van der Waals surface area contributed by atoms with Crippen LogP contribution in [0.4, 0.5) is 0 Å². The highest BCUT2D eigenvalue weighted by molar-refractivity contribution is 7.09. The van der Waals surface area contributed by atoms with Gasteiger partial charge in [-0.1, -0.05) is 103 Å². The van der Waals surface area contributed by atoms with Crippen LogP contribution in [0.5, 0.6) is 5.75 Å². The van der Waals surface area contributed by atoms with Gasteiger partial charge >= 0.3 is 5.97 Å². The fraction of sp³-hybridized carbons (Fsp3) is 0.250. The van der Waals surface area contributed by atoms with E-state index in [9.17, 15) is 29.1 Å². The highest BCUT2D eigenvalue weighted by Gasteiger charge is 2.33. The lowest BCUT2D eigenvalue weighted by molar-refractivity contribution is -0.144. The third-order valence-corrected chi connectivity index (χ3v) is 10.5. The average Bonchev–Trinajstić information content (AvgIpc) is 3.70. The number of carboxylic acid groups (broad SMARTS) is 1. The molecule has 4 atom stereocenters. The van der Waals surface area contributed by atoms with Crippen molar-refractivity contribution >= 4 is 40.7 Å². The van der Waals surface area contributed by atoms with Crippen LogP contribution in [-0.4, -0.2) is 53.1 Å². The largest absolute Gasteiger partial charge is 0.486 e. The fourth-order valence-corrected chi connectivity index (χ4v) is 7.42. The van der Waals surface area contributed by atoms with Gasteiger partial charge in [-0.15, -0.1) is 11.3 Å². The van der Waals surface area contributed by atoms with Crippen LogP contribution in [0, 0.1) is 11.8 Å². The number of ether oxygens (including phenoxy) is 1. The summed E-state index contributed by atoms with van der Waals surface area (Å²) in [6.45, 7) is -0.265. The highest BCUT2D eigenvalue weighted by Crippen LogP contribution is 2.23. The molecule has 276 valence electrons. The Hall–Kier alpha value is -5.87. The van der Waals surface area contributed by atoms with Gasteiger partial charge in [0.15, 0.2) is 11.6 Å². The summed E-state index contributed by atoms with van der Waals surface area (Å²) in [5, 5.41) is 17.9. The maximum Gasteiger partial charge on any atom is 0.307 e. The van der Waals surface area contributed by atoms with Crippen LogP contribution in [0.1, 0.15) is 34.4 Å². The first-order valence-corrected chi connectivity index (χ1v) is 18.9. The number of hydrogen-bond donors (Lipinski definition) is 3. The normalized spacial score (nSPS) is 20.1. The molecule has 7 rings (SSSR count). The Morgan fingerprint density at radius 3 is 1.94 bits per heavy atom. The predicted octanol–water partition coefficient (Wildman–Crippen LogP) is 6.28. The maximum atomic E-state index is 14.3. The average molecular weight is 743 g/mol. The summed E-state index contributed by atoms with van der Waals surface area (Å²) >= 11 is 1.48. The van der Waals surface area contributed by atoms with Gasteiger partial charge in [0.1, 0.15) is 18.4 Å². The van der Waals surface area contributed by atoms with E-state index in [2.05, 4.69) is 10.6 Å². The number of carboxylic acids is 1. The van der Waals surface area contributed by atoms with E-state index in [4.69, 9.17) is 4.74 Å². The van der Waals surface area contributed by atoms with Gasteiger partial charge in [-0.05, 0) is 70.7 Å². The van der Waals surface area contributed by atoms with Crippen molar-refractivity contribution in [2.75, 3.05) is 6.61 Å². The minimum absolute atomic E-state index is 0.0777. The van der Waals surface area contributed by atoms with Crippen LogP contribution in [-0.2, 0) is 49.7 Å². The van der Waals surface area contributed by atoms with E-state index in [-0.39, 0.29) is 50.9 Å². The number of carbonyl (C=O) groups is 5. The van der Waals surface area contributed by atoms with Gasteiger partial charge < -0.3 is 20.5 Å². The number of thiophene rings is 1. The summed E-state index contributed by atoms with van der Waals surface area (Å²) in [5.74, 6) is -4.35. The van der Waals surface area contributed by atoms with Crippen LogP contribution in [0.3, 0.4) is 0 Å². The van der Waals surface area contributed by atoms with Gasteiger partial charge in [-0.2, -0.15) is 0 Å². The van der Waals surface area contributed by atoms with Crippen LogP contribution >= 0.6 is 11.3 Å². The Morgan fingerprint density at radius 2 is 1.28 bits per heavy atom. The van der Waals surface area contributed by atoms with E-state index in [0.717, 1.165) is 27.1 Å². The number of fused-ring (bicyclic) bond motifs is 16. The number of rotatable bonds is 8. The van der Waals surface area contributed by atoms with Gasteiger partial charge in [0.25, 0.3) is 0 Å². The Labute approximate surface area is 318 Å². The molecule has 3 heterocycles. The zero-order chi connectivity index (χ0) is 37.9. The molecule has 2 amide bonds. The van der Waals surface area contributed by atoms with Gasteiger partial charge in [0.2, 0.25) is 11.8 Å². The third-order valence-electron chi connectivity index (χ3n) is 9.60. The van der Waals surface area contributed by atoms with Gasteiger partial charge in [0.05, 0.1) is 12.0 Å². The molecule has 9 nitrogen and oxygen atoms in total. The molecule has 5 aromatic rings. The second kappa shape index (κ2) is 18.3. The quantitative estimate of drug-likeness (QED) is 0.170. The minimum Gasteiger partial charge on any atom is -0.486 e. The molecule has 0 unspecified atom stereocenters. The van der Waals surface area contributed by atoms with Crippen molar-refractivity contribution in [3.63, 3.8) is 0 Å². The van der Waals surface area contributed by atoms with E-state index >= 15 is 0 Å². The molecule has 2 aliphatic heterocycles. The lowest BCUT2D eigenvalue weighted by atomic mass is 9.90. The van der Waals surface area contributed by atoms with Gasteiger partial charge in [-0.3, -0.25) is 24.0 Å².